The summed E-state index contributed by atoms with van der Waals surface area (Å²) in [7, 11) is 0. The quantitative estimate of drug-likeness (QED) is 0.785. The van der Waals surface area contributed by atoms with Crippen LogP contribution in [-0.2, 0) is 0 Å². The minimum atomic E-state index is -0.0612. The molecule has 1 aromatic rings. The number of rotatable bonds is 5. The molecule has 0 atom stereocenters. The van der Waals surface area contributed by atoms with Crippen molar-refractivity contribution in [1.29, 1.82) is 0 Å². The highest BCUT2D eigenvalue weighted by atomic mass is 16.1. The van der Waals surface area contributed by atoms with Crippen LogP contribution >= 0.6 is 0 Å². The van der Waals surface area contributed by atoms with Gasteiger partial charge in [-0.25, -0.2) is 4.98 Å². The van der Waals surface area contributed by atoms with Crippen molar-refractivity contribution in [2.45, 2.75) is 38.5 Å². The molecule has 0 radical (unpaired) electrons. The van der Waals surface area contributed by atoms with Gasteiger partial charge in [0, 0.05) is 12.7 Å². The Morgan fingerprint density at radius 3 is 2.83 bits per heavy atom. The van der Waals surface area contributed by atoms with Gasteiger partial charge in [-0.15, -0.1) is 0 Å². The number of carbonyl (C=O) groups is 1. The molecule has 1 amide bonds. The summed E-state index contributed by atoms with van der Waals surface area (Å²) in [6, 6.07) is 3.35. The van der Waals surface area contributed by atoms with E-state index in [9.17, 15) is 4.79 Å². The van der Waals surface area contributed by atoms with E-state index in [1.807, 2.05) is 0 Å². The van der Waals surface area contributed by atoms with Gasteiger partial charge in [0.25, 0.3) is 5.91 Å². The van der Waals surface area contributed by atoms with Crippen LogP contribution in [0.3, 0.4) is 0 Å². The summed E-state index contributed by atoms with van der Waals surface area (Å²) < 4.78 is 0. The van der Waals surface area contributed by atoms with Gasteiger partial charge in [0.05, 0.1) is 5.56 Å². The SMILES string of the molecule is Nc1ccc(C(=O)NCCCC2CCCC2)cn1. The first-order chi connectivity index (χ1) is 8.75. The molecule has 3 N–H and O–H groups in total. The van der Waals surface area contributed by atoms with Crippen molar-refractivity contribution >= 4 is 11.7 Å². The second kappa shape index (κ2) is 6.38. The summed E-state index contributed by atoms with van der Waals surface area (Å²) >= 11 is 0. The summed E-state index contributed by atoms with van der Waals surface area (Å²) in [5, 5.41) is 2.92. The van der Waals surface area contributed by atoms with E-state index in [-0.39, 0.29) is 5.91 Å². The highest BCUT2D eigenvalue weighted by molar-refractivity contribution is 5.93. The van der Waals surface area contributed by atoms with Crippen LogP contribution in [0.5, 0.6) is 0 Å². The van der Waals surface area contributed by atoms with E-state index in [0.29, 0.717) is 11.4 Å². The zero-order chi connectivity index (χ0) is 12.8. The number of hydrogen-bond donors (Lipinski definition) is 2. The summed E-state index contributed by atoms with van der Waals surface area (Å²) in [4.78, 5) is 15.7. The smallest absolute Gasteiger partial charge is 0.252 e. The second-order valence-corrected chi connectivity index (χ2v) is 5.02. The molecule has 0 saturated heterocycles. The van der Waals surface area contributed by atoms with Gasteiger partial charge in [0.1, 0.15) is 5.82 Å². The number of carbonyl (C=O) groups excluding carboxylic acids is 1. The lowest BCUT2D eigenvalue weighted by atomic mass is 10.0. The lowest BCUT2D eigenvalue weighted by Gasteiger charge is -2.09. The van der Waals surface area contributed by atoms with Crippen molar-refractivity contribution in [2.24, 2.45) is 5.92 Å². The number of amides is 1. The predicted octanol–water partition coefficient (Wildman–Crippen LogP) is 2.36. The van der Waals surface area contributed by atoms with Gasteiger partial charge >= 0.3 is 0 Å². The van der Waals surface area contributed by atoms with Crippen LogP contribution in [-0.4, -0.2) is 17.4 Å². The van der Waals surface area contributed by atoms with Gasteiger partial charge < -0.3 is 11.1 Å². The van der Waals surface area contributed by atoms with Crippen molar-refractivity contribution in [3.05, 3.63) is 23.9 Å². The first-order valence-corrected chi connectivity index (χ1v) is 6.75. The highest BCUT2D eigenvalue weighted by Crippen LogP contribution is 2.28. The maximum absolute atomic E-state index is 11.8. The van der Waals surface area contributed by atoms with E-state index in [2.05, 4.69) is 10.3 Å². The molecule has 1 aliphatic rings. The Hall–Kier alpha value is -1.58. The van der Waals surface area contributed by atoms with Crippen LogP contribution < -0.4 is 11.1 Å². The molecule has 18 heavy (non-hydrogen) atoms. The molecule has 1 saturated carbocycles. The van der Waals surface area contributed by atoms with Crippen LogP contribution in [0.15, 0.2) is 18.3 Å². The zero-order valence-electron chi connectivity index (χ0n) is 10.7. The number of pyridine rings is 1. The normalized spacial score (nSPS) is 15.8. The summed E-state index contributed by atoms with van der Waals surface area (Å²) in [6.07, 6.45) is 9.33. The molecule has 0 spiro atoms. The van der Waals surface area contributed by atoms with Crippen LogP contribution in [0, 0.1) is 5.92 Å². The Bertz CT molecular complexity index is 383. The predicted molar refractivity (Wildman–Crippen MR) is 72.2 cm³/mol. The summed E-state index contributed by atoms with van der Waals surface area (Å²) in [6.45, 7) is 0.750. The molecule has 1 heterocycles. The van der Waals surface area contributed by atoms with Gasteiger partial charge in [-0.05, 0) is 30.9 Å². The van der Waals surface area contributed by atoms with Gasteiger partial charge in [-0.3, -0.25) is 4.79 Å². The van der Waals surface area contributed by atoms with Crippen molar-refractivity contribution < 1.29 is 4.79 Å². The van der Waals surface area contributed by atoms with Crippen molar-refractivity contribution in [3.8, 4) is 0 Å². The lowest BCUT2D eigenvalue weighted by molar-refractivity contribution is 0.0952. The first kappa shape index (κ1) is 12.9. The molecule has 0 aliphatic heterocycles. The molecule has 2 rings (SSSR count). The Labute approximate surface area is 108 Å². The van der Waals surface area contributed by atoms with E-state index in [0.717, 1.165) is 18.9 Å². The van der Waals surface area contributed by atoms with Crippen LogP contribution in [0.4, 0.5) is 5.82 Å². The molecule has 1 fully saturated rings. The number of nitrogens with zero attached hydrogens (tertiary/aromatic N) is 1. The molecular formula is C14H21N3O. The fourth-order valence-corrected chi connectivity index (χ4v) is 2.53. The minimum Gasteiger partial charge on any atom is -0.384 e. The molecule has 0 unspecified atom stereocenters. The Kier molecular flexibility index (Phi) is 4.56. The third-order valence-electron chi connectivity index (χ3n) is 3.60. The topological polar surface area (TPSA) is 68.0 Å². The Morgan fingerprint density at radius 2 is 2.17 bits per heavy atom. The number of nitrogen functional groups attached to an aromatic ring is 1. The van der Waals surface area contributed by atoms with Crippen molar-refractivity contribution in [3.63, 3.8) is 0 Å². The van der Waals surface area contributed by atoms with Crippen molar-refractivity contribution in [1.82, 2.24) is 10.3 Å². The van der Waals surface area contributed by atoms with Crippen LogP contribution in [0.1, 0.15) is 48.9 Å². The van der Waals surface area contributed by atoms with E-state index in [4.69, 9.17) is 5.73 Å². The standard InChI is InChI=1S/C14H21N3O/c15-13-8-7-12(10-17-13)14(18)16-9-3-6-11-4-1-2-5-11/h7-8,10-11H,1-6,9H2,(H2,15,17)(H,16,18). The number of nitrogens with one attached hydrogen (secondary N) is 1. The Balaban J connectivity index is 1.66. The highest BCUT2D eigenvalue weighted by Gasteiger charge is 2.14. The molecule has 1 aromatic heterocycles. The third-order valence-corrected chi connectivity index (χ3v) is 3.60. The van der Waals surface area contributed by atoms with Gasteiger partial charge in [-0.2, -0.15) is 0 Å². The number of anilines is 1. The summed E-state index contributed by atoms with van der Waals surface area (Å²) in [5.41, 5.74) is 6.05. The maximum Gasteiger partial charge on any atom is 0.252 e. The number of nitrogens with two attached hydrogens (primary N) is 1. The number of hydrogen-bond acceptors (Lipinski definition) is 3. The third kappa shape index (κ3) is 3.72. The molecule has 0 aromatic carbocycles. The molecule has 4 heteroatoms. The fraction of sp³-hybridized carbons (Fsp3) is 0.571. The molecular weight excluding hydrogens is 226 g/mol. The zero-order valence-corrected chi connectivity index (χ0v) is 10.7. The van der Waals surface area contributed by atoms with Gasteiger partial charge in [-0.1, -0.05) is 25.7 Å². The monoisotopic (exact) mass is 247 g/mol. The average molecular weight is 247 g/mol. The molecule has 98 valence electrons. The van der Waals surface area contributed by atoms with Crippen LogP contribution in [0.25, 0.3) is 0 Å². The largest absolute Gasteiger partial charge is 0.384 e. The average Bonchev–Trinajstić information content (AvgIpc) is 2.88. The number of aromatic nitrogens is 1. The second-order valence-electron chi connectivity index (χ2n) is 5.02. The first-order valence-electron chi connectivity index (χ1n) is 6.75. The Morgan fingerprint density at radius 1 is 1.39 bits per heavy atom. The van der Waals surface area contributed by atoms with Crippen LogP contribution in [0.2, 0.25) is 0 Å². The molecule has 1 aliphatic carbocycles. The summed E-state index contributed by atoms with van der Waals surface area (Å²) in [5.74, 6) is 1.27. The molecule has 4 nitrogen and oxygen atoms in total. The van der Waals surface area contributed by atoms with E-state index in [1.54, 1.807) is 12.1 Å². The minimum absolute atomic E-state index is 0.0612. The maximum atomic E-state index is 11.8. The van der Waals surface area contributed by atoms with E-state index in [1.165, 1.54) is 38.3 Å². The van der Waals surface area contributed by atoms with Crippen molar-refractivity contribution in [2.75, 3.05) is 12.3 Å². The van der Waals surface area contributed by atoms with E-state index >= 15 is 0 Å². The van der Waals surface area contributed by atoms with Gasteiger partial charge in [0.2, 0.25) is 0 Å². The lowest BCUT2D eigenvalue weighted by Crippen LogP contribution is -2.24. The molecule has 0 bridgehead atoms. The van der Waals surface area contributed by atoms with E-state index < -0.39 is 0 Å². The fourth-order valence-electron chi connectivity index (χ4n) is 2.53. The van der Waals surface area contributed by atoms with Gasteiger partial charge in [0.15, 0.2) is 0 Å².